The molecule has 0 saturated carbocycles. The van der Waals surface area contributed by atoms with Gasteiger partial charge in [0.05, 0.1) is 0 Å². The first kappa shape index (κ1) is 15.2. The van der Waals surface area contributed by atoms with Gasteiger partial charge >= 0.3 is 0 Å². The fourth-order valence-corrected chi connectivity index (χ4v) is 2.04. The van der Waals surface area contributed by atoms with Crippen molar-refractivity contribution in [2.75, 3.05) is 6.54 Å². The van der Waals surface area contributed by atoms with Crippen molar-refractivity contribution in [1.82, 2.24) is 10.3 Å². The third-order valence-electron chi connectivity index (χ3n) is 3.21. The van der Waals surface area contributed by atoms with Gasteiger partial charge in [-0.25, -0.2) is 4.39 Å². The lowest BCUT2D eigenvalue weighted by atomic mass is 10.1. The van der Waals surface area contributed by atoms with E-state index in [0.29, 0.717) is 19.4 Å². The Hall–Kier alpha value is -2.23. The molecule has 3 nitrogen and oxygen atoms in total. The molecule has 0 fully saturated rings. The van der Waals surface area contributed by atoms with E-state index in [-0.39, 0.29) is 11.7 Å². The van der Waals surface area contributed by atoms with Crippen molar-refractivity contribution >= 4 is 5.91 Å². The van der Waals surface area contributed by atoms with Crippen molar-refractivity contribution in [2.24, 2.45) is 0 Å². The van der Waals surface area contributed by atoms with Crippen LogP contribution in [0.15, 0.2) is 48.7 Å². The van der Waals surface area contributed by atoms with Crippen LogP contribution in [0.3, 0.4) is 0 Å². The van der Waals surface area contributed by atoms with Gasteiger partial charge in [0.25, 0.3) is 0 Å². The van der Waals surface area contributed by atoms with Gasteiger partial charge in [-0.05, 0) is 49.1 Å². The third-order valence-corrected chi connectivity index (χ3v) is 3.21. The topological polar surface area (TPSA) is 42.0 Å². The van der Waals surface area contributed by atoms with E-state index < -0.39 is 0 Å². The van der Waals surface area contributed by atoms with Crippen LogP contribution in [0, 0.1) is 5.82 Å². The lowest BCUT2D eigenvalue weighted by Gasteiger charge is -2.05. The number of aryl methyl sites for hydroxylation is 2. The van der Waals surface area contributed by atoms with Gasteiger partial charge in [0.15, 0.2) is 0 Å². The summed E-state index contributed by atoms with van der Waals surface area (Å²) in [6.07, 6.45) is 4.57. The van der Waals surface area contributed by atoms with E-state index in [0.717, 1.165) is 24.1 Å². The molecule has 0 radical (unpaired) electrons. The van der Waals surface area contributed by atoms with Crippen molar-refractivity contribution in [3.63, 3.8) is 0 Å². The zero-order valence-corrected chi connectivity index (χ0v) is 11.9. The lowest BCUT2D eigenvalue weighted by molar-refractivity contribution is -0.121. The number of carbonyl (C=O) groups excluding carboxylic acids is 1. The monoisotopic (exact) mass is 286 g/mol. The van der Waals surface area contributed by atoms with Crippen molar-refractivity contribution in [3.8, 4) is 0 Å². The number of hydrogen-bond donors (Lipinski definition) is 1. The molecule has 0 bridgehead atoms. The van der Waals surface area contributed by atoms with E-state index in [9.17, 15) is 9.18 Å². The minimum Gasteiger partial charge on any atom is -0.356 e. The minimum absolute atomic E-state index is 0.0281. The predicted molar refractivity (Wildman–Crippen MR) is 80.3 cm³/mol. The van der Waals surface area contributed by atoms with Gasteiger partial charge in [0, 0.05) is 24.9 Å². The molecule has 1 aromatic heterocycles. The van der Waals surface area contributed by atoms with E-state index >= 15 is 0 Å². The third kappa shape index (κ3) is 5.73. The molecule has 1 aromatic carbocycles. The van der Waals surface area contributed by atoms with Crippen molar-refractivity contribution in [2.45, 2.75) is 25.7 Å². The first-order valence-corrected chi connectivity index (χ1v) is 7.15. The Kier molecular flexibility index (Phi) is 5.88. The second-order valence-corrected chi connectivity index (χ2v) is 4.90. The van der Waals surface area contributed by atoms with Crippen LogP contribution in [0.1, 0.15) is 24.1 Å². The first-order chi connectivity index (χ1) is 10.2. The average molecular weight is 286 g/mol. The van der Waals surface area contributed by atoms with Crippen molar-refractivity contribution in [3.05, 3.63) is 65.7 Å². The molecular formula is C17H19FN2O. The SMILES string of the molecule is O=C(CCc1ccc(F)cc1)NCCCc1ccccn1. The maximum Gasteiger partial charge on any atom is 0.220 e. The number of rotatable bonds is 7. The molecule has 1 heterocycles. The summed E-state index contributed by atoms with van der Waals surface area (Å²) >= 11 is 0. The number of benzene rings is 1. The molecule has 1 amide bonds. The Morgan fingerprint density at radius 1 is 1.10 bits per heavy atom. The van der Waals surface area contributed by atoms with Gasteiger partial charge in [-0.2, -0.15) is 0 Å². The van der Waals surface area contributed by atoms with Crippen molar-refractivity contribution < 1.29 is 9.18 Å². The highest BCUT2D eigenvalue weighted by Crippen LogP contribution is 2.05. The largest absolute Gasteiger partial charge is 0.356 e. The van der Waals surface area contributed by atoms with Gasteiger partial charge in [-0.1, -0.05) is 18.2 Å². The predicted octanol–water partition coefficient (Wildman–Crippen LogP) is 2.90. The van der Waals surface area contributed by atoms with Crippen LogP contribution in [-0.4, -0.2) is 17.4 Å². The maximum atomic E-state index is 12.7. The number of pyridine rings is 1. The zero-order valence-electron chi connectivity index (χ0n) is 11.9. The number of hydrogen-bond acceptors (Lipinski definition) is 2. The quantitative estimate of drug-likeness (QED) is 0.795. The van der Waals surface area contributed by atoms with E-state index in [2.05, 4.69) is 10.3 Å². The fraction of sp³-hybridized carbons (Fsp3) is 0.294. The minimum atomic E-state index is -0.252. The maximum absolute atomic E-state index is 12.7. The zero-order chi connectivity index (χ0) is 14.9. The van der Waals surface area contributed by atoms with Crippen LogP contribution >= 0.6 is 0 Å². The first-order valence-electron chi connectivity index (χ1n) is 7.15. The van der Waals surface area contributed by atoms with Gasteiger partial charge < -0.3 is 5.32 Å². The fourth-order valence-electron chi connectivity index (χ4n) is 2.04. The van der Waals surface area contributed by atoms with Gasteiger partial charge in [0.1, 0.15) is 5.82 Å². The van der Waals surface area contributed by atoms with Gasteiger partial charge in [-0.3, -0.25) is 9.78 Å². The molecule has 21 heavy (non-hydrogen) atoms. The molecule has 0 atom stereocenters. The highest BCUT2D eigenvalue weighted by molar-refractivity contribution is 5.76. The Balaban J connectivity index is 1.60. The molecule has 0 saturated heterocycles. The molecule has 2 rings (SSSR count). The Morgan fingerprint density at radius 2 is 1.90 bits per heavy atom. The normalized spacial score (nSPS) is 10.3. The molecule has 0 aliphatic heterocycles. The number of nitrogens with one attached hydrogen (secondary N) is 1. The number of carbonyl (C=O) groups is 1. The Bertz CT molecular complexity index is 555. The van der Waals surface area contributed by atoms with E-state index in [4.69, 9.17) is 0 Å². The summed E-state index contributed by atoms with van der Waals surface area (Å²) < 4.78 is 12.7. The highest BCUT2D eigenvalue weighted by atomic mass is 19.1. The van der Waals surface area contributed by atoms with Crippen LogP contribution in [0.5, 0.6) is 0 Å². The van der Waals surface area contributed by atoms with E-state index in [1.54, 1.807) is 18.3 Å². The summed E-state index contributed by atoms with van der Waals surface area (Å²) in [5.41, 5.74) is 2.01. The van der Waals surface area contributed by atoms with E-state index in [1.165, 1.54) is 12.1 Å². The van der Waals surface area contributed by atoms with Crippen LogP contribution in [0.25, 0.3) is 0 Å². The number of halogens is 1. The second kappa shape index (κ2) is 8.15. The number of nitrogens with zero attached hydrogens (tertiary/aromatic N) is 1. The molecule has 1 N–H and O–H groups in total. The smallest absolute Gasteiger partial charge is 0.220 e. The summed E-state index contributed by atoms with van der Waals surface area (Å²) in [5, 5.41) is 2.89. The summed E-state index contributed by atoms with van der Waals surface area (Å²) in [4.78, 5) is 15.9. The van der Waals surface area contributed by atoms with Crippen LogP contribution in [-0.2, 0) is 17.6 Å². The summed E-state index contributed by atoms with van der Waals surface area (Å²) in [7, 11) is 0. The van der Waals surface area contributed by atoms with Gasteiger partial charge in [-0.15, -0.1) is 0 Å². The summed E-state index contributed by atoms with van der Waals surface area (Å²) in [6, 6.07) is 12.1. The number of aromatic nitrogens is 1. The lowest BCUT2D eigenvalue weighted by Crippen LogP contribution is -2.25. The van der Waals surface area contributed by atoms with Crippen LogP contribution in [0.4, 0.5) is 4.39 Å². The molecule has 0 aliphatic carbocycles. The summed E-state index contributed by atoms with van der Waals surface area (Å²) in [6.45, 7) is 0.652. The molecular weight excluding hydrogens is 267 g/mol. The van der Waals surface area contributed by atoms with Crippen LogP contribution in [0.2, 0.25) is 0 Å². The molecule has 0 unspecified atom stereocenters. The molecule has 4 heteroatoms. The average Bonchev–Trinajstić information content (AvgIpc) is 2.52. The van der Waals surface area contributed by atoms with E-state index in [1.807, 2.05) is 18.2 Å². The standard InChI is InChI=1S/C17H19FN2O/c18-15-9-6-14(7-10-15)8-11-17(21)20-13-3-5-16-4-1-2-12-19-16/h1-2,4,6-7,9-10,12H,3,5,8,11,13H2,(H,20,21). The molecule has 0 spiro atoms. The van der Waals surface area contributed by atoms with Gasteiger partial charge in [0.2, 0.25) is 5.91 Å². The second-order valence-electron chi connectivity index (χ2n) is 4.90. The molecule has 110 valence electrons. The Labute approximate surface area is 124 Å². The van der Waals surface area contributed by atoms with Crippen LogP contribution < -0.4 is 5.32 Å². The number of amides is 1. The van der Waals surface area contributed by atoms with Crippen molar-refractivity contribution in [1.29, 1.82) is 0 Å². The molecule has 2 aromatic rings. The molecule has 0 aliphatic rings. The Morgan fingerprint density at radius 3 is 2.62 bits per heavy atom. The summed E-state index contributed by atoms with van der Waals surface area (Å²) in [5.74, 6) is -0.224. The highest BCUT2D eigenvalue weighted by Gasteiger charge is 2.02.